The SMILES string of the molecule is CC(=O)O.CC(=O)O.CC(=O)O.CC(=O)O.CC(=O)O.CC(=O)O.O=C(O)C(O)O. The predicted octanol–water partition coefficient (Wildman–Crippen LogP) is -1.07. The smallest absolute Gasteiger partial charge is 0.360 e. The average molecular weight is 452 g/mol. The molecular formula is C14H28O16. The minimum Gasteiger partial charge on any atom is -0.481 e. The Balaban J connectivity index is -0.0000000414. The van der Waals surface area contributed by atoms with E-state index in [-0.39, 0.29) is 0 Å². The maximum Gasteiger partial charge on any atom is 0.360 e. The van der Waals surface area contributed by atoms with Crippen LogP contribution < -0.4 is 0 Å². The molecule has 0 aliphatic rings. The van der Waals surface area contributed by atoms with Crippen LogP contribution in [0.15, 0.2) is 0 Å². The molecule has 0 aromatic rings. The van der Waals surface area contributed by atoms with Crippen LogP contribution in [0.4, 0.5) is 0 Å². The van der Waals surface area contributed by atoms with Crippen LogP contribution in [0, 0.1) is 0 Å². The molecule has 0 atom stereocenters. The van der Waals surface area contributed by atoms with E-state index in [0.717, 1.165) is 41.5 Å². The molecule has 9 N–H and O–H groups in total. The van der Waals surface area contributed by atoms with Gasteiger partial charge in [0.2, 0.25) is 0 Å². The van der Waals surface area contributed by atoms with Gasteiger partial charge in [-0.2, -0.15) is 0 Å². The van der Waals surface area contributed by atoms with E-state index in [1.54, 1.807) is 0 Å². The van der Waals surface area contributed by atoms with Crippen molar-refractivity contribution in [3.05, 3.63) is 0 Å². The molecule has 0 saturated carbocycles. The van der Waals surface area contributed by atoms with Crippen LogP contribution in [0.5, 0.6) is 0 Å². The third-order valence-electron chi connectivity index (χ3n) is 0.221. The van der Waals surface area contributed by atoms with Crippen molar-refractivity contribution < 1.29 is 79.5 Å². The Morgan fingerprint density at radius 2 is 0.433 bits per heavy atom. The Morgan fingerprint density at radius 1 is 0.400 bits per heavy atom. The van der Waals surface area contributed by atoms with Crippen LogP contribution in [0.1, 0.15) is 41.5 Å². The third kappa shape index (κ3) is 296000. The summed E-state index contributed by atoms with van der Waals surface area (Å²) in [5.41, 5.74) is 0. The van der Waals surface area contributed by atoms with Crippen molar-refractivity contribution in [2.24, 2.45) is 0 Å². The van der Waals surface area contributed by atoms with Crippen LogP contribution in [-0.2, 0) is 33.6 Å². The van der Waals surface area contributed by atoms with E-state index in [2.05, 4.69) is 0 Å². The van der Waals surface area contributed by atoms with Crippen LogP contribution in [0.2, 0.25) is 0 Å². The van der Waals surface area contributed by atoms with Gasteiger partial charge in [0.25, 0.3) is 42.1 Å². The van der Waals surface area contributed by atoms with Gasteiger partial charge in [-0.3, -0.25) is 28.8 Å². The van der Waals surface area contributed by atoms with Crippen molar-refractivity contribution in [3.8, 4) is 0 Å². The number of aliphatic hydroxyl groups excluding tert-OH is 1. The van der Waals surface area contributed by atoms with Crippen molar-refractivity contribution in [2.75, 3.05) is 0 Å². The molecule has 0 rings (SSSR count). The standard InChI is InChI=1S/C2H4O4.6C2H4O2/c3-1(4)2(5)6;6*1-2(3)4/h1,3-4H,(H,5,6);6*1H3,(H,3,4). The summed E-state index contributed by atoms with van der Waals surface area (Å²) in [6.07, 6.45) is -2.23. The number of aliphatic hydroxyl groups is 2. The summed E-state index contributed by atoms with van der Waals surface area (Å²) in [6.45, 7) is 6.50. The largest absolute Gasteiger partial charge is 0.481 e. The van der Waals surface area contributed by atoms with E-state index >= 15 is 0 Å². The van der Waals surface area contributed by atoms with E-state index in [4.69, 9.17) is 74.7 Å². The molecule has 16 heteroatoms. The van der Waals surface area contributed by atoms with Crippen molar-refractivity contribution in [2.45, 2.75) is 47.8 Å². The summed E-state index contributed by atoms with van der Waals surface area (Å²) in [6, 6.07) is 0. The summed E-state index contributed by atoms with van der Waals surface area (Å²) in [5, 5.41) is 67.2. The van der Waals surface area contributed by atoms with Gasteiger partial charge in [-0.15, -0.1) is 0 Å². The van der Waals surface area contributed by atoms with Gasteiger partial charge in [0, 0.05) is 41.5 Å². The van der Waals surface area contributed by atoms with Crippen molar-refractivity contribution >= 4 is 41.8 Å². The van der Waals surface area contributed by atoms with Crippen LogP contribution in [0.3, 0.4) is 0 Å². The monoisotopic (exact) mass is 452 g/mol. The summed E-state index contributed by atoms with van der Waals surface area (Å²) in [4.78, 5) is 63.2. The minimum absolute atomic E-state index is 0.833. The molecule has 0 spiro atoms. The number of aliphatic carboxylic acids is 7. The first-order valence-corrected chi connectivity index (χ1v) is 6.80. The number of carboxylic acids is 7. The van der Waals surface area contributed by atoms with Gasteiger partial charge in [0.15, 0.2) is 0 Å². The van der Waals surface area contributed by atoms with Gasteiger partial charge in [-0.05, 0) is 0 Å². The Hall–Kier alpha value is -3.79. The fourth-order valence-electron chi connectivity index (χ4n) is 0. The van der Waals surface area contributed by atoms with Crippen molar-refractivity contribution in [1.29, 1.82) is 0 Å². The molecule has 0 unspecified atom stereocenters. The molecule has 0 heterocycles. The van der Waals surface area contributed by atoms with Crippen molar-refractivity contribution in [3.63, 3.8) is 0 Å². The second kappa shape index (κ2) is 36.2. The maximum atomic E-state index is 9.20. The lowest BCUT2D eigenvalue weighted by molar-refractivity contribution is -0.166. The highest BCUT2D eigenvalue weighted by molar-refractivity contribution is 5.69. The molecule has 0 aliphatic heterocycles. The summed E-state index contributed by atoms with van der Waals surface area (Å²) >= 11 is 0. The van der Waals surface area contributed by atoms with E-state index in [0.29, 0.717) is 0 Å². The Kier molecular flexibility index (Phi) is 54.4. The lowest BCUT2D eigenvalue weighted by Crippen LogP contribution is -2.17. The quantitative estimate of drug-likeness (QED) is 0.214. The number of carbonyl (C=O) groups is 7. The number of hydrogen-bond donors (Lipinski definition) is 9. The molecule has 0 aliphatic carbocycles. The fourth-order valence-corrected chi connectivity index (χ4v) is 0. The molecule has 0 fully saturated rings. The van der Waals surface area contributed by atoms with Gasteiger partial charge < -0.3 is 46.0 Å². The Morgan fingerprint density at radius 3 is 0.433 bits per heavy atom. The molecule has 16 nitrogen and oxygen atoms in total. The lowest BCUT2D eigenvalue weighted by Gasteiger charge is -1.88. The van der Waals surface area contributed by atoms with E-state index in [9.17, 15) is 4.79 Å². The summed E-state index contributed by atoms with van der Waals surface area (Å²) in [7, 11) is 0. The normalized spacial score (nSPS) is 6.83. The molecule has 0 aromatic carbocycles. The maximum absolute atomic E-state index is 9.20. The molecule has 0 saturated heterocycles. The highest BCUT2D eigenvalue weighted by Crippen LogP contribution is 1.67. The lowest BCUT2D eigenvalue weighted by atomic mass is 10.7. The predicted molar refractivity (Wildman–Crippen MR) is 95.7 cm³/mol. The first kappa shape index (κ1) is 45.1. The van der Waals surface area contributed by atoms with Gasteiger partial charge in [-0.25, -0.2) is 4.79 Å². The second-order valence-corrected chi connectivity index (χ2v) is 3.83. The van der Waals surface area contributed by atoms with Gasteiger partial charge in [-0.1, -0.05) is 0 Å². The fraction of sp³-hybridized carbons (Fsp3) is 0.500. The first-order valence-electron chi connectivity index (χ1n) is 6.80. The Labute approximate surface area is 170 Å². The highest BCUT2D eigenvalue weighted by atomic mass is 16.5. The van der Waals surface area contributed by atoms with Crippen LogP contribution >= 0.6 is 0 Å². The summed E-state index contributed by atoms with van der Waals surface area (Å²) < 4.78 is 0. The Bertz CT molecular complexity index is 377. The van der Waals surface area contributed by atoms with Crippen molar-refractivity contribution in [1.82, 2.24) is 0 Å². The van der Waals surface area contributed by atoms with Gasteiger partial charge >= 0.3 is 5.97 Å². The third-order valence-corrected chi connectivity index (χ3v) is 0.221. The molecule has 0 bridgehead atoms. The molecule has 30 heavy (non-hydrogen) atoms. The highest BCUT2D eigenvalue weighted by Gasteiger charge is 2.04. The van der Waals surface area contributed by atoms with Crippen LogP contribution in [-0.4, -0.2) is 94.0 Å². The number of rotatable bonds is 1. The second-order valence-electron chi connectivity index (χ2n) is 3.83. The topological polar surface area (TPSA) is 302 Å². The molecule has 0 radical (unpaired) electrons. The molecule has 180 valence electrons. The minimum atomic E-state index is -2.23. The zero-order chi connectivity index (χ0) is 26.6. The molecule has 0 amide bonds. The number of carboxylic acid groups (broad SMARTS) is 7. The molecular weight excluding hydrogens is 424 g/mol. The average Bonchev–Trinajstić information content (AvgIpc) is 2.33. The summed E-state index contributed by atoms with van der Waals surface area (Å²) in [5.74, 6) is -6.63. The van der Waals surface area contributed by atoms with Gasteiger partial charge in [0.05, 0.1) is 0 Å². The van der Waals surface area contributed by atoms with Gasteiger partial charge in [0.1, 0.15) is 0 Å². The number of hydrogen-bond acceptors (Lipinski definition) is 9. The molecule has 0 aromatic heterocycles. The van der Waals surface area contributed by atoms with E-state index in [1.807, 2.05) is 0 Å². The van der Waals surface area contributed by atoms with Crippen LogP contribution in [0.25, 0.3) is 0 Å². The zero-order valence-electron chi connectivity index (χ0n) is 17.0. The zero-order valence-corrected chi connectivity index (χ0v) is 17.0. The van der Waals surface area contributed by atoms with E-state index < -0.39 is 48.1 Å². The van der Waals surface area contributed by atoms with E-state index in [1.165, 1.54) is 0 Å². The first-order chi connectivity index (χ1) is 13.0.